The van der Waals surface area contributed by atoms with Crippen molar-refractivity contribution in [3.63, 3.8) is 0 Å². The molecule has 0 bridgehead atoms. The molecule has 1 saturated heterocycles. The van der Waals surface area contributed by atoms with Crippen molar-refractivity contribution >= 4 is 25.7 Å². The van der Waals surface area contributed by atoms with E-state index in [-0.39, 0.29) is 9.79 Å². The Morgan fingerprint density at radius 3 is 2.19 bits per heavy atom. The second kappa shape index (κ2) is 7.25. The van der Waals surface area contributed by atoms with E-state index in [4.69, 9.17) is 0 Å². The molecule has 2 heterocycles. The lowest BCUT2D eigenvalue weighted by molar-refractivity contribution is 0.288. The second-order valence-electron chi connectivity index (χ2n) is 6.97. The van der Waals surface area contributed by atoms with Crippen LogP contribution in [0.5, 0.6) is 0 Å². The summed E-state index contributed by atoms with van der Waals surface area (Å²) in [7, 11) is -5.70. The Bertz CT molecular complexity index is 1020. The van der Waals surface area contributed by atoms with E-state index in [9.17, 15) is 16.8 Å². The Hall–Kier alpha value is -1.91. The Balaban J connectivity index is 1.78. The smallest absolute Gasteiger partial charge is 0.265 e. The molecule has 1 aliphatic rings. The summed E-state index contributed by atoms with van der Waals surface area (Å²) >= 11 is 0. The maximum absolute atomic E-state index is 12.7. The maximum Gasteiger partial charge on any atom is 0.265 e. The molecule has 1 N–H and O–H groups in total. The van der Waals surface area contributed by atoms with Crippen LogP contribution >= 0.6 is 0 Å². The zero-order chi connectivity index (χ0) is 19.8. The van der Waals surface area contributed by atoms with Crippen LogP contribution in [0, 0.1) is 12.8 Å². The van der Waals surface area contributed by atoms with Crippen LogP contribution in [0.4, 0.5) is 5.69 Å². The Morgan fingerprint density at radius 2 is 1.67 bits per heavy atom. The van der Waals surface area contributed by atoms with Gasteiger partial charge in [-0.1, -0.05) is 6.92 Å². The highest BCUT2D eigenvalue weighted by atomic mass is 32.2. The van der Waals surface area contributed by atoms with Gasteiger partial charge in [-0.25, -0.2) is 16.8 Å². The van der Waals surface area contributed by atoms with E-state index in [0.29, 0.717) is 30.4 Å². The largest absolute Gasteiger partial charge is 0.280 e. The van der Waals surface area contributed by atoms with Gasteiger partial charge in [0.1, 0.15) is 4.90 Å². The first kappa shape index (κ1) is 19.8. The highest BCUT2D eigenvalue weighted by Gasteiger charge is 2.28. The van der Waals surface area contributed by atoms with Crippen LogP contribution < -0.4 is 4.72 Å². The van der Waals surface area contributed by atoms with E-state index in [0.717, 1.165) is 12.8 Å². The summed E-state index contributed by atoms with van der Waals surface area (Å²) in [5, 5.41) is 4.04. The molecule has 27 heavy (non-hydrogen) atoms. The molecule has 0 amide bonds. The van der Waals surface area contributed by atoms with Crippen LogP contribution in [0.15, 0.2) is 40.3 Å². The Kier molecular flexibility index (Phi) is 5.33. The first-order chi connectivity index (χ1) is 12.6. The molecule has 1 aromatic heterocycles. The van der Waals surface area contributed by atoms with E-state index in [1.165, 1.54) is 39.4 Å². The summed E-state index contributed by atoms with van der Waals surface area (Å²) in [5.41, 5.74) is 0.688. The zero-order valence-corrected chi connectivity index (χ0v) is 17.2. The molecule has 1 fully saturated rings. The molecule has 0 atom stereocenters. The normalized spacial score (nSPS) is 17.1. The fourth-order valence-corrected chi connectivity index (χ4v) is 5.87. The van der Waals surface area contributed by atoms with Gasteiger partial charge in [0.2, 0.25) is 10.0 Å². The average Bonchev–Trinajstić information content (AvgIpc) is 2.95. The van der Waals surface area contributed by atoms with Crippen LogP contribution in [0.3, 0.4) is 0 Å². The lowest BCUT2D eigenvalue weighted by atomic mass is 10.0. The number of aromatic nitrogens is 2. The molecular weight excluding hydrogens is 388 g/mol. The van der Waals surface area contributed by atoms with Gasteiger partial charge in [0.25, 0.3) is 10.0 Å². The van der Waals surface area contributed by atoms with Crippen LogP contribution in [0.2, 0.25) is 0 Å². The molecule has 1 aromatic carbocycles. The Labute approximate surface area is 160 Å². The predicted octanol–water partition coefficient (Wildman–Crippen LogP) is 1.95. The fourth-order valence-electron chi connectivity index (χ4n) is 3.12. The van der Waals surface area contributed by atoms with Gasteiger partial charge in [0, 0.05) is 32.0 Å². The molecular formula is C17H24N4O4S2. The number of hydrogen-bond donors (Lipinski definition) is 1. The van der Waals surface area contributed by atoms with Crippen molar-refractivity contribution in [2.75, 3.05) is 17.8 Å². The minimum absolute atomic E-state index is 0.0872. The van der Waals surface area contributed by atoms with Crippen LogP contribution in [-0.4, -0.2) is 44.0 Å². The van der Waals surface area contributed by atoms with E-state index in [1.54, 1.807) is 14.0 Å². The number of nitrogens with one attached hydrogen (secondary N) is 1. The zero-order valence-electron chi connectivity index (χ0n) is 15.6. The number of benzene rings is 1. The summed E-state index contributed by atoms with van der Waals surface area (Å²) < 4.78 is 55.9. The molecule has 0 spiro atoms. The molecule has 0 aliphatic carbocycles. The summed E-state index contributed by atoms with van der Waals surface area (Å²) in [6, 6.07) is 5.79. The Morgan fingerprint density at radius 1 is 1.07 bits per heavy atom. The maximum atomic E-state index is 12.7. The minimum atomic E-state index is -3.79. The van der Waals surface area contributed by atoms with Crippen LogP contribution in [-0.2, 0) is 27.1 Å². The third kappa shape index (κ3) is 4.17. The van der Waals surface area contributed by atoms with Gasteiger partial charge in [-0.2, -0.15) is 9.40 Å². The predicted molar refractivity (Wildman–Crippen MR) is 102 cm³/mol. The fraction of sp³-hybridized carbons (Fsp3) is 0.471. The molecule has 0 radical (unpaired) electrons. The monoisotopic (exact) mass is 412 g/mol. The van der Waals surface area contributed by atoms with Crippen molar-refractivity contribution in [1.29, 1.82) is 0 Å². The average molecular weight is 413 g/mol. The molecule has 0 saturated carbocycles. The highest BCUT2D eigenvalue weighted by molar-refractivity contribution is 7.92. The van der Waals surface area contributed by atoms with Crippen molar-refractivity contribution in [1.82, 2.24) is 14.1 Å². The number of piperidine rings is 1. The molecule has 0 unspecified atom stereocenters. The highest BCUT2D eigenvalue weighted by Crippen LogP contribution is 2.25. The number of aryl methyl sites for hydroxylation is 2. The molecule has 1 aliphatic heterocycles. The topological polar surface area (TPSA) is 101 Å². The number of rotatable bonds is 5. The van der Waals surface area contributed by atoms with Gasteiger partial charge in [0.15, 0.2) is 0 Å². The van der Waals surface area contributed by atoms with Gasteiger partial charge < -0.3 is 0 Å². The summed E-state index contributed by atoms with van der Waals surface area (Å²) in [5.74, 6) is 0.532. The van der Waals surface area contributed by atoms with Crippen LogP contribution in [0.1, 0.15) is 25.5 Å². The van der Waals surface area contributed by atoms with Gasteiger partial charge >= 0.3 is 0 Å². The van der Waals surface area contributed by atoms with E-state index < -0.39 is 20.0 Å². The summed E-state index contributed by atoms with van der Waals surface area (Å²) in [6.45, 7) is 4.76. The lowest BCUT2D eigenvalue weighted by Crippen LogP contribution is -2.37. The van der Waals surface area contributed by atoms with E-state index in [2.05, 4.69) is 16.7 Å². The van der Waals surface area contributed by atoms with Crippen molar-refractivity contribution in [2.24, 2.45) is 13.0 Å². The van der Waals surface area contributed by atoms with Crippen molar-refractivity contribution in [2.45, 2.75) is 36.5 Å². The number of nitrogens with zero attached hydrogens (tertiary/aromatic N) is 3. The van der Waals surface area contributed by atoms with E-state index in [1.807, 2.05) is 0 Å². The van der Waals surface area contributed by atoms with Gasteiger partial charge in [-0.15, -0.1) is 0 Å². The van der Waals surface area contributed by atoms with Gasteiger partial charge in [-0.3, -0.25) is 9.40 Å². The number of anilines is 1. The molecule has 3 rings (SSSR count). The lowest BCUT2D eigenvalue weighted by Gasteiger charge is -2.29. The molecule has 148 valence electrons. The van der Waals surface area contributed by atoms with Gasteiger partial charge in [-0.05, 0) is 49.9 Å². The summed E-state index contributed by atoms with van der Waals surface area (Å²) in [4.78, 5) is 0.252. The SMILES string of the molecule is Cc1nn(C)cc1S(=O)(=O)Nc1ccc(S(=O)(=O)N2CCC(C)CC2)cc1. The van der Waals surface area contributed by atoms with Gasteiger partial charge in [0.05, 0.1) is 10.6 Å². The standard InChI is InChI=1S/C17H24N4O4S2/c1-13-8-10-21(11-9-13)27(24,25)16-6-4-15(5-7-16)19-26(22,23)17-12-20(3)18-14(17)2/h4-7,12-13,19H,8-11H2,1-3H3. The number of sulfonamides is 2. The third-order valence-electron chi connectivity index (χ3n) is 4.74. The minimum Gasteiger partial charge on any atom is -0.280 e. The van der Waals surface area contributed by atoms with Crippen molar-refractivity contribution in [3.05, 3.63) is 36.2 Å². The third-order valence-corrected chi connectivity index (χ3v) is 8.14. The second-order valence-corrected chi connectivity index (χ2v) is 10.6. The first-order valence-corrected chi connectivity index (χ1v) is 11.7. The van der Waals surface area contributed by atoms with E-state index >= 15 is 0 Å². The molecule has 2 aromatic rings. The number of hydrogen-bond acceptors (Lipinski definition) is 5. The first-order valence-electron chi connectivity index (χ1n) is 8.73. The summed E-state index contributed by atoms with van der Waals surface area (Å²) in [6.07, 6.45) is 3.12. The van der Waals surface area contributed by atoms with Crippen molar-refractivity contribution < 1.29 is 16.8 Å². The molecule has 8 nitrogen and oxygen atoms in total. The van der Waals surface area contributed by atoms with Crippen molar-refractivity contribution in [3.8, 4) is 0 Å². The van der Waals surface area contributed by atoms with Crippen LogP contribution in [0.25, 0.3) is 0 Å². The quantitative estimate of drug-likeness (QED) is 0.809. The molecule has 10 heteroatoms.